The van der Waals surface area contributed by atoms with Gasteiger partial charge in [0.15, 0.2) is 0 Å². The van der Waals surface area contributed by atoms with Crippen molar-refractivity contribution in [1.29, 1.82) is 0 Å². The average molecular weight is 171 g/mol. The summed E-state index contributed by atoms with van der Waals surface area (Å²) in [6.07, 6.45) is 25.0. The van der Waals surface area contributed by atoms with Gasteiger partial charge in [-0.15, -0.1) is 0 Å². The maximum Gasteiger partial charge on any atom is -0.0166 e. The highest BCUT2D eigenvalue weighted by molar-refractivity contribution is 5.15. The first-order chi connectivity index (χ1) is 6.50. The summed E-state index contributed by atoms with van der Waals surface area (Å²) in [5.74, 6) is 0. The van der Waals surface area contributed by atoms with Crippen LogP contribution in [0.25, 0.3) is 0 Å². The molecule has 0 amide bonds. The Morgan fingerprint density at radius 1 is 0.769 bits per heavy atom. The molecule has 1 radical (unpaired) electrons. The Balaban J connectivity index is 2.50. The van der Waals surface area contributed by atoms with Gasteiger partial charge in [0, 0.05) is 0 Å². The first-order valence-corrected chi connectivity index (χ1v) is 4.70. The van der Waals surface area contributed by atoms with Crippen molar-refractivity contribution in [3.8, 4) is 0 Å². The highest BCUT2D eigenvalue weighted by Crippen LogP contribution is 1.96. The molecule has 0 heteroatoms. The zero-order valence-electron chi connectivity index (χ0n) is 7.82. The van der Waals surface area contributed by atoms with Gasteiger partial charge in [0.25, 0.3) is 0 Å². The van der Waals surface area contributed by atoms with Crippen LogP contribution in [0, 0.1) is 6.08 Å². The minimum Gasteiger partial charge on any atom is -0.0879 e. The summed E-state index contributed by atoms with van der Waals surface area (Å²) in [4.78, 5) is 0. The lowest BCUT2D eigenvalue weighted by Gasteiger charge is -1.84. The Labute approximate surface area is 80.7 Å². The second-order valence-electron chi connectivity index (χ2n) is 2.81. The second kappa shape index (κ2) is 7.35. The van der Waals surface area contributed by atoms with E-state index in [9.17, 15) is 0 Å². The molecule has 0 atom stereocenters. The number of hydrogen-bond donors (Lipinski definition) is 0. The topological polar surface area (TPSA) is 0 Å². The van der Waals surface area contributed by atoms with Gasteiger partial charge in [-0.2, -0.15) is 0 Å². The molecule has 0 saturated carbocycles. The molecule has 0 spiro atoms. The smallest absolute Gasteiger partial charge is 0.0166 e. The predicted octanol–water partition coefficient (Wildman–Crippen LogP) is 3.75. The maximum absolute atomic E-state index is 3.21. The lowest BCUT2D eigenvalue weighted by atomic mass is 10.2. The van der Waals surface area contributed by atoms with Crippen LogP contribution in [0.2, 0.25) is 0 Å². The van der Waals surface area contributed by atoms with E-state index in [4.69, 9.17) is 0 Å². The van der Waals surface area contributed by atoms with Gasteiger partial charge in [-0.05, 0) is 25.3 Å². The molecule has 0 fully saturated rings. The van der Waals surface area contributed by atoms with E-state index in [2.05, 4.69) is 30.4 Å². The molecule has 0 saturated heterocycles. The third-order valence-corrected chi connectivity index (χ3v) is 1.69. The molecule has 0 aromatic heterocycles. The summed E-state index contributed by atoms with van der Waals surface area (Å²) in [7, 11) is 0. The van der Waals surface area contributed by atoms with Crippen molar-refractivity contribution in [3.05, 3.63) is 60.8 Å². The fraction of sp³-hybridized carbons (Fsp3) is 0.231. The number of rotatable bonds is 0. The van der Waals surface area contributed by atoms with Crippen LogP contribution in [0.3, 0.4) is 0 Å². The fourth-order valence-corrected chi connectivity index (χ4v) is 1.02. The van der Waals surface area contributed by atoms with Gasteiger partial charge in [-0.1, -0.05) is 54.7 Å². The molecule has 67 valence electrons. The third-order valence-electron chi connectivity index (χ3n) is 1.69. The van der Waals surface area contributed by atoms with Gasteiger partial charge >= 0.3 is 0 Å². The van der Waals surface area contributed by atoms with Crippen molar-refractivity contribution in [2.75, 3.05) is 0 Å². The van der Waals surface area contributed by atoms with Gasteiger partial charge in [-0.25, -0.2) is 0 Å². The van der Waals surface area contributed by atoms with Crippen LogP contribution in [0.4, 0.5) is 0 Å². The minimum absolute atomic E-state index is 1.01. The van der Waals surface area contributed by atoms with Crippen molar-refractivity contribution in [2.45, 2.75) is 19.3 Å². The molecule has 1 rings (SSSR count). The van der Waals surface area contributed by atoms with E-state index in [1.54, 1.807) is 0 Å². The van der Waals surface area contributed by atoms with Crippen molar-refractivity contribution in [1.82, 2.24) is 0 Å². The highest BCUT2D eigenvalue weighted by atomic mass is 13.8. The van der Waals surface area contributed by atoms with Crippen molar-refractivity contribution >= 4 is 0 Å². The standard InChI is InChI=1S/C13H15/c1-2-4-6-8-10-12-13-11-9-7-5-3-1/h1-7,10,12H,8,11,13H2/b2-1+,5-3-,6-4-,9-7?,12-10-. The third kappa shape index (κ3) is 5.92. The molecule has 13 heavy (non-hydrogen) atoms. The molecule has 0 aromatic rings. The summed E-state index contributed by atoms with van der Waals surface area (Å²) in [5, 5.41) is 0. The average Bonchev–Trinajstić information content (AvgIpc) is 2.18. The highest BCUT2D eigenvalue weighted by Gasteiger charge is 1.76. The maximum atomic E-state index is 3.21. The normalized spacial score (nSPS) is 30.2. The SMILES string of the molecule is [C]1=C/C=C\C=C\C=C/C/C=C\CC/1. The van der Waals surface area contributed by atoms with Gasteiger partial charge in [0.2, 0.25) is 0 Å². The monoisotopic (exact) mass is 171 g/mol. The van der Waals surface area contributed by atoms with E-state index >= 15 is 0 Å². The summed E-state index contributed by atoms with van der Waals surface area (Å²) in [6.45, 7) is 0. The molecule has 0 aromatic carbocycles. The van der Waals surface area contributed by atoms with Gasteiger partial charge in [0.05, 0.1) is 0 Å². The molecule has 0 bridgehead atoms. The summed E-state index contributed by atoms with van der Waals surface area (Å²) in [6, 6.07) is 0. The van der Waals surface area contributed by atoms with Gasteiger partial charge < -0.3 is 0 Å². The van der Waals surface area contributed by atoms with Crippen LogP contribution in [-0.4, -0.2) is 0 Å². The molecule has 0 nitrogen and oxygen atoms in total. The Kier molecular flexibility index (Phi) is 5.54. The zero-order valence-corrected chi connectivity index (χ0v) is 7.82. The first-order valence-electron chi connectivity index (χ1n) is 4.70. The lowest BCUT2D eigenvalue weighted by Crippen LogP contribution is -1.65. The van der Waals surface area contributed by atoms with E-state index in [1.165, 1.54) is 0 Å². The van der Waals surface area contributed by atoms with Crippen molar-refractivity contribution in [2.24, 2.45) is 0 Å². The second-order valence-corrected chi connectivity index (χ2v) is 2.81. The van der Waals surface area contributed by atoms with E-state index in [0.29, 0.717) is 0 Å². The Morgan fingerprint density at radius 2 is 1.62 bits per heavy atom. The molecule has 0 aliphatic heterocycles. The molecular formula is C13H15. The first kappa shape index (κ1) is 9.79. The quantitative estimate of drug-likeness (QED) is 0.487. The van der Waals surface area contributed by atoms with Crippen LogP contribution in [0.15, 0.2) is 54.7 Å². The Morgan fingerprint density at radius 3 is 2.62 bits per heavy atom. The van der Waals surface area contributed by atoms with E-state index in [1.807, 2.05) is 30.4 Å². The fourth-order valence-electron chi connectivity index (χ4n) is 1.02. The Bertz CT molecular complexity index is 249. The van der Waals surface area contributed by atoms with E-state index < -0.39 is 0 Å². The Hall–Kier alpha value is -1.30. The summed E-state index contributed by atoms with van der Waals surface area (Å²) in [5.41, 5.74) is 0. The number of hydrogen-bond acceptors (Lipinski definition) is 0. The van der Waals surface area contributed by atoms with Crippen molar-refractivity contribution < 1.29 is 0 Å². The van der Waals surface area contributed by atoms with Crippen LogP contribution in [-0.2, 0) is 0 Å². The van der Waals surface area contributed by atoms with Crippen LogP contribution in [0.1, 0.15) is 19.3 Å². The van der Waals surface area contributed by atoms with Crippen molar-refractivity contribution in [3.63, 3.8) is 0 Å². The van der Waals surface area contributed by atoms with E-state index in [-0.39, 0.29) is 0 Å². The predicted molar refractivity (Wildman–Crippen MR) is 58.2 cm³/mol. The molecule has 0 unspecified atom stereocenters. The number of allylic oxidation sites excluding steroid dienone is 10. The lowest BCUT2D eigenvalue weighted by molar-refractivity contribution is 1.02. The molecule has 1 aliphatic rings. The zero-order chi connectivity index (χ0) is 9.19. The largest absolute Gasteiger partial charge is 0.0879 e. The summed E-state index contributed by atoms with van der Waals surface area (Å²) >= 11 is 0. The van der Waals surface area contributed by atoms with Crippen LogP contribution >= 0.6 is 0 Å². The van der Waals surface area contributed by atoms with Gasteiger partial charge in [-0.3, -0.25) is 0 Å². The van der Waals surface area contributed by atoms with E-state index in [0.717, 1.165) is 19.3 Å². The minimum atomic E-state index is 1.01. The van der Waals surface area contributed by atoms with Crippen LogP contribution < -0.4 is 0 Å². The van der Waals surface area contributed by atoms with Gasteiger partial charge in [0.1, 0.15) is 0 Å². The molecular weight excluding hydrogens is 156 g/mol. The summed E-state index contributed by atoms with van der Waals surface area (Å²) < 4.78 is 0. The molecule has 0 heterocycles. The molecule has 1 aliphatic carbocycles. The molecule has 0 N–H and O–H groups in total. The van der Waals surface area contributed by atoms with Crippen LogP contribution in [0.5, 0.6) is 0 Å².